The van der Waals surface area contributed by atoms with Crippen LogP contribution in [0, 0.1) is 0 Å². The third-order valence-electron chi connectivity index (χ3n) is 1.48. The predicted octanol–water partition coefficient (Wildman–Crippen LogP) is 0.729. The van der Waals surface area contributed by atoms with E-state index < -0.39 is 0 Å². The number of unbranched alkanes of at least 4 members (excludes halogenated alkanes) is 1. The molecule has 0 aliphatic heterocycles. The van der Waals surface area contributed by atoms with Crippen LogP contribution in [-0.2, 0) is 14.3 Å². The molecule has 4 heteroatoms. The van der Waals surface area contributed by atoms with Crippen molar-refractivity contribution in [3.8, 4) is 0 Å². The summed E-state index contributed by atoms with van der Waals surface area (Å²) in [4.78, 5) is 10.9. The van der Waals surface area contributed by atoms with Crippen molar-refractivity contribution in [2.75, 3.05) is 26.4 Å². The van der Waals surface area contributed by atoms with Gasteiger partial charge in [-0.1, -0.05) is 0 Å². The zero-order chi connectivity index (χ0) is 9.94. The molecular weight excluding hydrogens is 172 g/mol. The standard InChI is InChI=1S/C9H18O4/c1-2-12-7-8-13-9(11)5-3-4-6-10/h10H,2-8H2,1H3. The highest BCUT2D eigenvalue weighted by Gasteiger charge is 2.01. The molecule has 78 valence electrons. The van der Waals surface area contributed by atoms with Crippen molar-refractivity contribution in [1.29, 1.82) is 0 Å². The van der Waals surface area contributed by atoms with Gasteiger partial charge < -0.3 is 14.6 Å². The molecule has 0 amide bonds. The van der Waals surface area contributed by atoms with Crippen molar-refractivity contribution >= 4 is 5.97 Å². The number of aliphatic hydroxyl groups is 1. The molecule has 0 aliphatic carbocycles. The fourth-order valence-electron chi connectivity index (χ4n) is 0.812. The molecule has 0 unspecified atom stereocenters. The molecule has 1 N–H and O–H groups in total. The molecule has 0 atom stereocenters. The number of ether oxygens (including phenoxy) is 2. The number of hydrogen-bond acceptors (Lipinski definition) is 4. The van der Waals surface area contributed by atoms with E-state index in [1.165, 1.54) is 0 Å². The van der Waals surface area contributed by atoms with E-state index in [1.807, 2.05) is 6.92 Å². The summed E-state index contributed by atoms with van der Waals surface area (Å²) in [7, 11) is 0. The van der Waals surface area contributed by atoms with E-state index in [0.29, 0.717) is 39.1 Å². The summed E-state index contributed by atoms with van der Waals surface area (Å²) in [5.41, 5.74) is 0. The predicted molar refractivity (Wildman–Crippen MR) is 48.4 cm³/mol. The second kappa shape index (κ2) is 9.48. The van der Waals surface area contributed by atoms with Crippen molar-refractivity contribution in [1.82, 2.24) is 0 Å². The van der Waals surface area contributed by atoms with Gasteiger partial charge in [0.25, 0.3) is 0 Å². The Balaban J connectivity index is 3.11. The highest BCUT2D eigenvalue weighted by Crippen LogP contribution is 1.96. The lowest BCUT2D eigenvalue weighted by Crippen LogP contribution is -2.10. The van der Waals surface area contributed by atoms with Crippen LogP contribution in [0.3, 0.4) is 0 Å². The lowest BCUT2D eigenvalue weighted by molar-refractivity contribution is -0.145. The molecule has 0 aromatic carbocycles. The van der Waals surface area contributed by atoms with Gasteiger partial charge in [0.1, 0.15) is 6.61 Å². The Hall–Kier alpha value is -0.610. The third kappa shape index (κ3) is 9.30. The van der Waals surface area contributed by atoms with Gasteiger partial charge in [0.15, 0.2) is 0 Å². The number of carbonyl (C=O) groups excluding carboxylic acids is 1. The van der Waals surface area contributed by atoms with Crippen molar-refractivity contribution in [2.24, 2.45) is 0 Å². The van der Waals surface area contributed by atoms with Gasteiger partial charge in [0.2, 0.25) is 0 Å². The SMILES string of the molecule is CCOCCOC(=O)CCCCO. The molecule has 4 nitrogen and oxygen atoms in total. The minimum atomic E-state index is -0.215. The van der Waals surface area contributed by atoms with Gasteiger partial charge in [-0.15, -0.1) is 0 Å². The van der Waals surface area contributed by atoms with Gasteiger partial charge in [-0.05, 0) is 19.8 Å². The highest BCUT2D eigenvalue weighted by atomic mass is 16.6. The van der Waals surface area contributed by atoms with Crippen LogP contribution < -0.4 is 0 Å². The summed E-state index contributed by atoms with van der Waals surface area (Å²) in [6, 6.07) is 0. The molecule has 0 fully saturated rings. The molecule has 0 spiro atoms. The first-order valence-electron chi connectivity index (χ1n) is 4.65. The normalized spacial score (nSPS) is 10.0. The van der Waals surface area contributed by atoms with Crippen LogP contribution in [-0.4, -0.2) is 37.5 Å². The zero-order valence-electron chi connectivity index (χ0n) is 8.12. The maximum absolute atomic E-state index is 10.9. The third-order valence-corrected chi connectivity index (χ3v) is 1.48. The smallest absolute Gasteiger partial charge is 0.305 e. The van der Waals surface area contributed by atoms with Crippen LogP contribution in [0.5, 0.6) is 0 Å². The van der Waals surface area contributed by atoms with E-state index in [0.717, 1.165) is 0 Å². The summed E-state index contributed by atoms with van der Waals surface area (Å²) in [6.45, 7) is 3.45. The fraction of sp³-hybridized carbons (Fsp3) is 0.889. The Morgan fingerprint density at radius 2 is 2.08 bits per heavy atom. The summed E-state index contributed by atoms with van der Waals surface area (Å²) in [6.07, 6.45) is 1.72. The van der Waals surface area contributed by atoms with Gasteiger partial charge in [0, 0.05) is 19.6 Å². The molecule has 0 aromatic heterocycles. The van der Waals surface area contributed by atoms with E-state index in [1.54, 1.807) is 0 Å². The van der Waals surface area contributed by atoms with Crippen LogP contribution in [0.4, 0.5) is 0 Å². The quantitative estimate of drug-likeness (QED) is 0.453. The van der Waals surface area contributed by atoms with Gasteiger partial charge in [-0.2, -0.15) is 0 Å². The number of aliphatic hydroxyl groups excluding tert-OH is 1. The lowest BCUT2D eigenvalue weighted by Gasteiger charge is -2.03. The first-order valence-corrected chi connectivity index (χ1v) is 4.65. The first-order chi connectivity index (χ1) is 6.31. The zero-order valence-corrected chi connectivity index (χ0v) is 8.12. The molecule has 0 saturated carbocycles. The Labute approximate surface area is 78.8 Å². The molecule has 13 heavy (non-hydrogen) atoms. The lowest BCUT2D eigenvalue weighted by atomic mass is 10.2. The minimum Gasteiger partial charge on any atom is -0.463 e. The van der Waals surface area contributed by atoms with Gasteiger partial charge in [0.05, 0.1) is 6.61 Å². The molecule has 0 saturated heterocycles. The maximum atomic E-state index is 10.9. The molecular formula is C9H18O4. The molecule has 0 rings (SSSR count). The highest BCUT2D eigenvalue weighted by molar-refractivity contribution is 5.69. The van der Waals surface area contributed by atoms with Crippen molar-refractivity contribution in [2.45, 2.75) is 26.2 Å². The number of esters is 1. The average molecular weight is 190 g/mol. The van der Waals surface area contributed by atoms with Crippen LogP contribution in [0.1, 0.15) is 26.2 Å². The maximum Gasteiger partial charge on any atom is 0.305 e. The Morgan fingerprint density at radius 1 is 1.31 bits per heavy atom. The topological polar surface area (TPSA) is 55.8 Å². The molecule has 0 aliphatic rings. The van der Waals surface area contributed by atoms with E-state index >= 15 is 0 Å². The summed E-state index contributed by atoms with van der Waals surface area (Å²) in [5.74, 6) is -0.215. The Kier molecular flexibility index (Phi) is 9.03. The van der Waals surface area contributed by atoms with E-state index in [4.69, 9.17) is 14.6 Å². The van der Waals surface area contributed by atoms with Gasteiger partial charge >= 0.3 is 5.97 Å². The van der Waals surface area contributed by atoms with Crippen molar-refractivity contribution in [3.63, 3.8) is 0 Å². The largest absolute Gasteiger partial charge is 0.463 e. The monoisotopic (exact) mass is 190 g/mol. The Morgan fingerprint density at radius 3 is 2.69 bits per heavy atom. The molecule has 0 aromatic rings. The fourth-order valence-corrected chi connectivity index (χ4v) is 0.812. The van der Waals surface area contributed by atoms with E-state index in [9.17, 15) is 4.79 Å². The first kappa shape index (κ1) is 12.4. The molecule has 0 bridgehead atoms. The molecule has 0 heterocycles. The van der Waals surface area contributed by atoms with E-state index in [2.05, 4.69) is 0 Å². The minimum absolute atomic E-state index is 0.131. The summed E-state index contributed by atoms with van der Waals surface area (Å²) in [5, 5.41) is 8.45. The van der Waals surface area contributed by atoms with Crippen molar-refractivity contribution < 1.29 is 19.4 Å². The number of rotatable bonds is 8. The summed E-state index contributed by atoms with van der Waals surface area (Å²) < 4.78 is 9.84. The second-order valence-electron chi connectivity index (χ2n) is 2.60. The van der Waals surface area contributed by atoms with Crippen LogP contribution in [0.15, 0.2) is 0 Å². The van der Waals surface area contributed by atoms with Gasteiger partial charge in [-0.25, -0.2) is 0 Å². The molecule has 0 radical (unpaired) electrons. The van der Waals surface area contributed by atoms with Crippen LogP contribution in [0.2, 0.25) is 0 Å². The number of hydrogen-bond donors (Lipinski definition) is 1. The summed E-state index contributed by atoms with van der Waals surface area (Å²) >= 11 is 0. The Bertz CT molecular complexity index is 125. The van der Waals surface area contributed by atoms with E-state index in [-0.39, 0.29) is 12.6 Å². The average Bonchev–Trinajstić information content (AvgIpc) is 2.13. The van der Waals surface area contributed by atoms with Crippen LogP contribution in [0.25, 0.3) is 0 Å². The van der Waals surface area contributed by atoms with Gasteiger partial charge in [-0.3, -0.25) is 4.79 Å². The van der Waals surface area contributed by atoms with Crippen molar-refractivity contribution in [3.05, 3.63) is 0 Å². The number of carbonyl (C=O) groups is 1. The van der Waals surface area contributed by atoms with Crippen LogP contribution >= 0.6 is 0 Å². The second-order valence-corrected chi connectivity index (χ2v) is 2.60.